The molecule has 2 rings (SSSR count). The second-order valence-corrected chi connectivity index (χ2v) is 6.30. The zero-order valence-electron chi connectivity index (χ0n) is 13.6. The molecule has 1 heterocycles. The molecule has 5 heteroatoms. The van der Waals surface area contributed by atoms with E-state index in [2.05, 4.69) is 53.6 Å². The number of allylic oxidation sites excluding steroid dienone is 2. The molecule has 2 atom stereocenters. The Balaban J connectivity index is 2.25. The number of rotatable bonds is 3. The molecule has 5 nitrogen and oxygen atoms in total. The summed E-state index contributed by atoms with van der Waals surface area (Å²) in [5.41, 5.74) is 7.40. The summed E-state index contributed by atoms with van der Waals surface area (Å²) in [6.45, 7) is 9.49. The van der Waals surface area contributed by atoms with Gasteiger partial charge in [0.15, 0.2) is 0 Å². The minimum atomic E-state index is -0.0656. The Bertz CT molecular complexity index is 487. The molecule has 0 radical (unpaired) electrons. The van der Waals surface area contributed by atoms with E-state index in [0.717, 1.165) is 12.8 Å². The number of hydrogen-bond donors (Lipinski definition) is 1. The summed E-state index contributed by atoms with van der Waals surface area (Å²) in [7, 11) is 0. The molecule has 0 aromatic heterocycles. The van der Waals surface area contributed by atoms with E-state index in [9.17, 15) is 0 Å². The van der Waals surface area contributed by atoms with Crippen molar-refractivity contribution in [3.05, 3.63) is 11.8 Å². The highest BCUT2D eigenvalue weighted by Crippen LogP contribution is 2.45. The maximum absolute atomic E-state index is 5.94. The van der Waals surface area contributed by atoms with Crippen LogP contribution in [0.2, 0.25) is 0 Å². The van der Waals surface area contributed by atoms with E-state index in [1.54, 1.807) is 6.34 Å². The lowest BCUT2D eigenvalue weighted by molar-refractivity contribution is 0.244. The Kier molecular flexibility index (Phi) is 4.80. The molecule has 0 spiro atoms. The van der Waals surface area contributed by atoms with Crippen molar-refractivity contribution in [2.45, 2.75) is 53.0 Å². The van der Waals surface area contributed by atoms with Crippen LogP contribution in [0.4, 0.5) is 0 Å². The zero-order chi connectivity index (χ0) is 15.5. The van der Waals surface area contributed by atoms with Crippen LogP contribution in [0, 0.1) is 11.3 Å². The van der Waals surface area contributed by atoms with E-state index < -0.39 is 0 Å². The lowest BCUT2D eigenvalue weighted by Gasteiger charge is -2.34. The van der Waals surface area contributed by atoms with Crippen molar-refractivity contribution in [2.24, 2.45) is 32.0 Å². The summed E-state index contributed by atoms with van der Waals surface area (Å²) in [5, 5.41) is 0. The summed E-state index contributed by atoms with van der Waals surface area (Å²) >= 11 is 0. The second kappa shape index (κ2) is 6.41. The van der Waals surface area contributed by atoms with Crippen molar-refractivity contribution in [1.29, 1.82) is 0 Å². The number of aliphatic imine (C=N–C) groups is 3. The van der Waals surface area contributed by atoms with Crippen LogP contribution in [0.25, 0.3) is 0 Å². The van der Waals surface area contributed by atoms with Gasteiger partial charge in [0, 0.05) is 11.1 Å². The summed E-state index contributed by atoms with van der Waals surface area (Å²) in [6.07, 6.45) is 8.94. The number of nitrogens with zero attached hydrogens (tertiary/aromatic N) is 4. The van der Waals surface area contributed by atoms with Crippen LogP contribution in [0.3, 0.4) is 0 Å². The average molecular weight is 289 g/mol. The molecule has 0 amide bonds. The van der Waals surface area contributed by atoms with Gasteiger partial charge < -0.3 is 10.6 Å². The standard InChI is InChI=1S/C16H27N5/c1-5-12-7-8-14(16(12,3)4)21-10-18-9-19-15(17)13(6-2)20-11-21/h8-9,11-13H,5-7,10H2,1-4H3,(H2,17,18,19)/b20-11-. The normalized spacial score (nSPS) is 34.2. The Hall–Kier alpha value is -1.65. The van der Waals surface area contributed by atoms with E-state index in [-0.39, 0.29) is 11.5 Å². The van der Waals surface area contributed by atoms with E-state index in [1.807, 2.05) is 6.34 Å². The average Bonchev–Trinajstić information content (AvgIpc) is 2.79. The van der Waals surface area contributed by atoms with Crippen molar-refractivity contribution in [3.63, 3.8) is 0 Å². The van der Waals surface area contributed by atoms with Crippen molar-refractivity contribution >= 4 is 18.5 Å². The minimum absolute atomic E-state index is 0.0656. The highest BCUT2D eigenvalue weighted by atomic mass is 15.2. The topological polar surface area (TPSA) is 66.3 Å². The lowest BCUT2D eigenvalue weighted by Crippen LogP contribution is -2.33. The third-order valence-corrected chi connectivity index (χ3v) is 4.72. The maximum Gasteiger partial charge on any atom is 0.126 e. The molecular weight excluding hydrogens is 262 g/mol. The third-order valence-electron chi connectivity index (χ3n) is 4.72. The van der Waals surface area contributed by atoms with E-state index >= 15 is 0 Å². The van der Waals surface area contributed by atoms with Gasteiger partial charge in [0.2, 0.25) is 0 Å². The van der Waals surface area contributed by atoms with Crippen molar-refractivity contribution in [3.8, 4) is 0 Å². The van der Waals surface area contributed by atoms with E-state index in [0.29, 0.717) is 18.4 Å². The van der Waals surface area contributed by atoms with Gasteiger partial charge in [-0.1, -0.05) is 40.2 Å². The van der Waals surface area contributed by atoms with Gasteiger partial charge in [-0.25, -0.2) is 4.99 Å². The fourth-order valence-electron chi connectivity index (χ4n) is 3.23. The summed E-state index contributed by atoms with van der Waals surface area (Å²) in [6, 6.07) is -0.0656. The van der Waals surface area contributed by atoms with Gasteiger partial charge in [0.25, 0.3) is 0 Å². The van der Waals surface area contributed by atoms with Gasteiger partial charge in [-0.2, -0.15) is 0 Å². The number of hydrogen-bond acceptors (Lipinski definition) is 5. The fraction of sp³-hybridized carbons (Fsp3) is 0.688. The molecule has 21 heavy (non-hydrogen) atoms. The lowest BCUT2D eigenvalue weighted by atomic mass is 9.78. The van der Waals surface area contributed by atoms with Gasteiger partial charge in [-0.15, -0.1) is 0 Å². The van der Waals surface area contributed by atoms with Crippen molar-refractivity contribution < 1.29 is 0 Å². The van der Waals surface area contributed by atoms with Crippen LogP contribution < -0.4 is 5.73 Å². The van der Waals surface area contributed by atoms with Crippen LogP contribution >= 0.6 is 0 Å². The Labute approximate surface area is 127 Å². The molecule has 0 fully saturated rings. The van der Waals surface area contributed by atoms with E-state index in [1.165, 1.54) is 12.1 Å². The molecule has 0 saturated heterocycles. The molecule has 1 aliphatic carbocycles. The van der Waals surface area contributed by atoms with Crippen LogP contribution in [0.5, 0.6) is 0 Å². The molecule has 2 aliphatic rings. The number of nitrogens with two attached hydrogens (primary N) is 1. The number of amidine groups is 1. The van der Waals surface area contributed by atoms with Gasteiger partial charge in [0.05, 0.1) is 6.34 Å². The first-order valence-electron chi connectivity index (χ1n) is 7.82. The van der Waals surface area contributed by atoms with Crippen LogP contribution in [0.15, 0.2) is 26.8 Å². The van der Waals surface area contributed by atoms with Crippen LogP contribution in [-0.2, 0) is 0 Å². The molecule has 1 aliphatic heterocycles. The first-order chi connectivity index (χ1) is 10.0. The Morgan fingerprint density at radius 3 is 2.71 bits per heavy atom. The van der Waals surface area contributed by atoms with Gasteiger partial charge in [-0.3, -0.25) is 9.98 Å². The third kappa shape index (κ3) is 3.17. The van der Waals surface area contributed by atoms with Crippen LogP contribution in [0.1, 0.15) is 47.0 Å². The molecule has 2 unspecified atom stereocenters. The van der Waals surface area contributed by atoms with Crippen molar-refractivity contribution in [1.82, 2.24) is 4.90 Å². The highest BCUT2D eigenvalue weighted by Gasteiger charge is 2.38. The van der Waals surface area contributed by atoms with Crippen molar-refractivity contribution in [2.75, 3.05) is 6.67 Å². The van der Waals surface area contributed by atoms with Crippen LogP contribution in [-0.4, -0.2) is 36.1 Å². The molecule has 0 saturated carbocycles. The summed E-state index contributed by atoms with van der Waals surface area (Å²) < 4.78 is 0. The van der Waals surface area contributed by atoms with Gasteiger partial charge in [0.1, 0.15) is 24.9 Å². The molecular formula is C16H27N5. The maximum atomic E-state index is 5.94. The minimum Gasteiger partial charge on any atom is -0.385 e. The van der Waals surface area contributed by atoms with E-state index in [4.69, 9.17) is 5.73 Å². The molecule has 0 aromatic rings. The quantitative estimate of drug-likeness (QED) is 0.868. The molecule has 0 bridgehead atoms. The fourth-order valence-corrected chi connectivity index (χ4v) is 3.23. The highest BCUT2D eigenvalue weighted by molar-refractivity contribution is 5.92. The Morgan fingerprint density at radius 2 is 2.10 bits per heavy atom. The summed E-state index contributed by atoms with van der Waals surface area (Å²) in [4.78, 5) is 15.3. The SMILES string of the molecule is CCC1/N=C\N(C2=CCC(CC)C2(C)C)C/N=C\N=C/1N. The summed E-state index contributed by atoms with van der Waals surface area (Å²) in [5.74, 6) is 1.21. The van der Waals surface area contributed by atoms with Gasteiger partial charge in [-0.05, 0) is 18.8 Å². The predicted octanol–water partition coefficient (Wildman–Crippen LogP) is 2.79. The largest absolute Gasteiger partial charge is 0.385 e. The monoisotopic (exact) mass is 289 g/mol. The Morgan fingerprint density at radius 1 is 1.33 bits per heavy atom. The first-order valence-corrected chi connectivity index (χ1v) is 7.82. The smallest absolute Gasteiger partial charge is 0.126 e. The molecule has 116 valence electrons. The molecule has 2 N–H and O–H groups in total. The zero-order valence-corrected chi connectivity index (χ0v) is 13.6. The van der Waals surface area contributed by atoms with Gasteiger partial charge >= 0.3 is 0 Å². The predicted molar refractivity (Wildman–Crippen MR) is 89.7 cm³/mol. The second-order valence-electron chi connectivity index (χ2n) is 6.30. The first kappa shape index (κ1) is 15.7. The molecule has 0 aromatic carbocycles.